The van der Waals surface area contributed by atoms with Gasteiger partial charge in [0.1, 0.15) is 11.9 Å². The van der Waals surface area contributed by atoms with Crippen LogP contribution in [0.5, 0.6) is 5.75 Å². The molecule has 1 aromatic heterocycles. The number of fused-ring (bicyclic) bond motifs is 1. The van der Waals surface area contributed by atoms with Gasteiger partial charge in [-0.3, -0.25) is 4.79 Å². The first-order valence-corrected chi connectivity index (χ1v) is 8.46. The van der Waals surface area contributed by atoms with Crippen molar-refractivity contribution in [3.63, 3.8) is 0 Å². The SMILES string of the molecule is CC(C)CCC(=O)NC[C@H]1Cc2cccc(-c3ncccn3)c2O1. The highest BCUT2D eigenvalue weighted by atomic mass is 16.5. The molecule has 1 aromatic carbocycles. The fraction of sp³-hybridized carbons (Fsp3) is 0.421. The van der Waals surface area contributed by atoms with Crippen LogP contribution < -0.4 is 10.1 Å². The Morgan fingerprint density at radius 1 is 1.29 bits per heavy atom. The van der Waals surface area contributed by atoms with Gasteiger partial charge in [0.25, 0.3) is 0 Å². The summed E-state index contributed by atoms with van der Waals surface area (Å²) in [5, 5.41) is 2.98. The zero-order valence-corrected chi connectivity index (χ0v) is 14.2. The number of aromatic nitrogens is 2. The van der Waals surface area contributed by atoms with Gasteiger partial charge in [0.15, 0.2) is 5.82 Å². The maximum Gasteiger partial charge on any atom is 0.220 e. The first kappa shape index (κ1) is 16.4. The van der Waals surface area contributed by atoms with Crippen LogP contribution in [0.2, 0.25) is 0 Å². The largest absolute Gasteiger partial charge is 0.487 e. The Morgan fingerprint density at radius 2 is 2.08 bits per heavy atom. The second-order valence-corrected chi connectivity index (χ2v) is 6.55. The zero-order valence-electron chi connectivity index (χ0n) is 14.2. The maximum atomic E-state index is 11.9. The summed E-state index contributed by atoms with van der Waals surface area (Å²) in [6, 6.07) is 7.82. The molecule has 1 aliphatic heterocycles. The number of carbonyl (C=O) groups is 1. The van der Waals surface area contributed by atoms with E-state index >= 15 is 0 Å². The van der Waals surface area contributed by atoms with Gasteiger partial charge in [0.05, 0.1) is 12.1 Å². The molecular weight excluding hydrogens is 302 g/mol. The number of para-hydroxylation sites is 1. The number of carbonyl (C=O) groups excluding carboxylic acids is 1. The van der Waals surface area contributed by atoms with Crippen LogP contribution in [0.3, 0.4) is 0 Å². The summed E-state index contributed by atoms with van der Waals surface area (Å²) in [5.74, 6) is 2.13. The first-order chi connectivity index (χ1) is 11.6. The third kappa shape index (κ3) is 3.91. The van der Waals surface area contributed by atoms with Crippen molar-refractivity contribution in [1.29, 1.82) is 0 Å². The molecule has 24 heavy (non-hydrogen) atoms. The minimum absolute atomic E-state index is 0.0344. The number of nitrogens with zero attached hydrogens (tertiary/aromatic N) is 2. The molecule has 1 aliphatic rings. The van der Waals surface area contributed by atoms with Gasteiger partial charge in [-0.25, -0.2) is 9.97 Å². The number of rotatable bonds is 6. The Labute approximate surface area is 142 Å². The molecule has 0 fully saturated rings. The van der Waals surface area contributed by atoms with Crippen molar-refractivity contribution in [3.8, 4) is 17.1 Å². The van der Waals surface area contributed by atoms with Crippen molar-refractivity contribution in [1.82, 2.24) is 15.3 Å². The average molecular weight is 325 g/mol. The number of amides is 1. The number of nitrogens with one attached hydrogen (secondary N) is 1. The quantitative estimate of drug-likeness (QED) is 0.887. The Hall–Kier alpha value is -2.43. The lowest BCUT2D eigenvalue weighted by Crippen LogP contribution is -2.34. The van der Waals surface area contributed by atoms with Gasteiger partial charge in [0.2, 0.25) is 5.91 Å². The van der Waals surface area contributed by atoms with E-state index in [1.165, 1.54) is 0 Å². The molecule has 0 bridgehead atoms. The number of hydrogen-bond acceptors (Lipinski definition) is 4. The summed E-state index contributed by atoms with van der Waals surface area (Å²) in [6.07, 6.45) is 5.69. The molecule has 1 amide bonds. The molecule has 2 heterocycles. The van der Waals surface area contributed by atoms with Crippen molar-refractivity contribution < 1.29 is 9.53 Å². The van der Waals surface area contributed by atoms with Crippen molar-refractivity contribution in [3.05, 3.63) is 42.2 Å². The molecule has 0 saturated carbocycles. The Kier molecular flexibility index (Phi) is 5.08. The zero-order chi connectivity index (χ0) is 16.9. The lowest BCUT2D eigenvalue weighted by atomic mass is 10.1. The second kappa shape index (κ2) is 7.43. The van der Waals surface area contributed by atoms with E-state index in [-0.39, 0.29) is 12.0 Å². The summed E-state index contributed by atoms with van der Waals surface area (Å²) < 4.78 is 6.07. The highest BCUT2D eigenvalue weighted by Gasteiger charge is 2.26. The molecule has 3 rings (SSSR count). The molecule has 0 spiro atoms. The summed E-state index contributed by atoms with van der Waals surface area (Å²) in [4.78, 5) is 20.5. The molecule has 1 atom stereocenters. The lowest BCUT2D eigenvalue weighted by molar-refractivity contribution is -0.121. The predicted octanol–water partition coefficient (Wildman–Crippen LogP) is 3.00. The lowest BCUT2D eigenvalue weighted by Gasteiger charge is -2.13. The number of benzene rings is 1. The van der Waals surface area contributed by atoms with Crippen LogP contribution in [-0.4, -0.2) is 28.5 Å². The van der Waals surface area contributed by atoms with Crippen LogP contribution in [0.4, 0.5) is 0 Å². The van der Waals surface area contributed by atoms with Gasteiger partial charge < -0.3 is 10.1 Å². The van der Waals surface area contributed by atoms with Gasteiger partial charge >= 0.3 is 0 Å². The van der Waals surface area contributed by atoms with Crippen molar-refractivity contribution in [2.45, 2.75) is 39.2 Å². The third-order valence-electron chi connectivity index (χ3n) is 4.11. The topological polar surface area (TPSA) is 64.1 Å². The van der Waals surface area contributed by atoms with E-state index in [2.05, 4.69) is 35.2 Å². The second-order valence-electron chi connectivity index (χ2n) is 6.55. The molecule has 5 heteroatoms. The van der Waals surface area contributed by atoms with Crippen molar-refractivity contribution in [2.75, 3.05) is 6.54 Å². The monoisotopic (exact) mass is 325 g/mol. The summed E-state index contributed by atoms with van der Waals surface area (Å²) in [6.45, 7) is 4.77. The number of ether oxygens (including phenoxy) is 1. The molecule has 126 valence electrons. The first-order valence-electron chi connectivity index (χ1n) is 8.46. The third-order valence-corrected chi connectivity index (χ3v) is 4.11. The normalized spacial score (nSPS) is 15.9. The van der Waals surface area contributed by atoms with E-state index in [0.29, 0.717) is 24.7 Å². The smallest absolute Gasteiger partial charge is 0.220 e. The summed E-state index contributed by atoms with van der Waals surface area (Å²) >= 11 is 0. The summed E-state index contributed by atoms with van der Waals surface area (Å²) in [5.41, 5.74) is 2.04. The van der Waals surface area contributed by atoms with E-state index in [1.54, 1.807) is 18.5 Å². The highest BCUT2D eigenvalue weighted by Crippen LogP contribution is 2.37. The number of hydrogen-bond donors (Lipinski definition) is 1. The predicted molar refractivity (Wildman–Crippen MR) is 92.7 cm³/mol. The van der Waals surface area contributed by atoms with Crippen molar-refractivity contribution in [2.24, 2.45) is 5.92 Å². The van der Waals surface area contributed by atoms with Gasteiger partial charge in [-0.2, -0.15) is 0 Å². The molecule has 5 nitrogen and oxygen atoms in total. The Bertz CT molecular complexity index is 701. The standard InChI is InChI=1S/C19H23N3O2/c1-13(2)7-8-17(23)22-12-15-11-14-5-3-6-16(18(14)24-15)19-20-9-4-10-21-19/h3-6,9-10,13,15H,7-8,11-12H2,1-2H3,(H,22,23)/t15-/m1/s1. The van der Waals surface area contributed by atoms with Gasteiger partial charge in [-0.15, -0.1) is 0 Å². The van der Waals surface area contributed by atoms with E-state index < -0.39 is 0 Å². The molecule has 0 radical (unpaired) electrons. The fourth-order valence-electron chi connectivity index (χ4n) is 2.80. The van der Waals surface area contributed by atoms with Crippen LogP contribution in [-0.2, 0) is 11.2 Å². The Morgan fingerprint density at radius 3 is 2.83 bits per heavy atom. The molecular formula is C19H23N3O2. The van der Waals surface area contributed by atoms with Crippen LogP contribution in [0.25, 0.3) is 11.4 Å². The van der Waals surface area contributed by atoms with E-state index in [4.69, 9.17) is 4.74 Å². The minimum Gasteiger partial charge on any atom is -0.487 e. The Balaban J connectivity index is 1.62. The van der Waals surface area contributed by atoms with E-state index in [1.807, 2.05) is 12.1 Å². The van der Waals surface area contributed by atoms with Crippen LogP contribution >= 0.6 is 0 Å². The van der Waals surface area contributed by atoms with E-state index in [0.717, 1.165) is 29.7 Å². The van der Waals surface area contributed by atoms with Crippen LogP contribution in [0, 0.1) is 5.92 Å². The molecule has 0 aliphatic carbocycles. The van der Waals surface area contributed by atoms with Crippen molar-refractivity contribution >= 4 is 5.91 Å². The molecule has 0 saturated heterocycles. The summed E-state index contributed by atoms with van der Waals surface area (Å²) in [7, 11) is 0. The maximum absolute atomic E-state index is 11.9. The molecule has 1 N–H and O–H groups in total. The van der Waals surface area contributed by atoms with Crippen LogP contribution in [0.1, 0.15) is 32.3 Å². The minimum atomic E-state index is -0.0344. The molecule has 0 unspecified atom stereocenters. The molecule has 2 aromatic rings. The van der Waals surface area contributed by atoms with E-state index in [9.17, 15) is 4.79 Å². The van der Waals surface area contributed by atoms with Crippen LogP contribution in [0.15, 0.2) is 36.7 Å². The average Bonchev–Trinajstić information content (AvgIpc) is 3.02. The van der Waals surface area contributed by atoms with Gasteiger partial charge in [-0.1, -0.05) is 26.0 Å². The van der Waals surface area contributed by atoms with Gasteiger partial charge in [0, 0.05) is 25.2 Å². The fourth-order valence-corrected chi connectivity index (χ4v) is 2.80. The highest BCUT2D eigenvalue weighted by molar-refractivity contribution is 5.76. The van der Waals surface area contributed by atoms with Gasteiger partial charge in [-0.05, 0) is 30.0 Å².